The van der Waals surface area contributed by atoms with Crippen molar-refractivity contribution in [2.24, 2.45) is 11.8 Å². The maximum Gasteiger partial charge on any atom is 0.416 e. The number of ether oxygens (including phenoxy) is 2. The van der Waals surface area contributed by atoms with Gasteiger partial charge in [-0.05, 0) is 74.6 Å². The first-order valence-corrected chi connectivity index (χ1v) is 16.3. The normalized spacial score (nSPS) is 24.3. The topological polar surface area (TPSA) is 71.1 Å². The molecule has 0 bridgehead atoms. The number of halogens is 4. The highest BCUT2D eigenvalue weighted by Crippen LogP contribution is 2.46. The van der Waals surface area contributed by atoms with E-state index in [1.54, 1.807) is 17.9 Å². The maximum absolute atomic E-state index is 15.3. The molecule has 1 N–H and O–H groups in total. The van der Waals surface area contributed by atoms with E-state index in [2.05, 4.69) is 24.1 Å². The van der Waals surface area contributed by atoms with Crippen LogP contribution in [-0.4, -0.2) is 66.2 Å². The summed E-state index contributed by atoms with van der Waals surface area (Å²) in [7, 11) is 0. The number of piperidine rings is 1. The molecule has 256 valence electrons. The van der Waals surface area contributed by atoms with Crippen LogP contribution in [0.15, 0.2) is 60.7 Å². The second-order valence-corrected chi connectivity index (χ2v) is 13.8. The summed E-state index contributed by atoms with van der Waals surface area (Å²) in [5, 5.41) is 2.72. The Labute approximate surface area is 278 Å². The van der Waals surface area contributed by atoms with Crippen LogP contribution in [0.25, 0.3) is 0 Å². The number of anilines is 1. The Balaban J connectivity index is 1.39. The number of carbonyl (C=O) groups excluding carboxylic acids is 2. The van der Waals surface area contributed by atoms with Gasteiger partial charge in [0.1, 0.15) is 5.82 Å². The van der Waals surface area contributed by atoms with Crippen LogP contribution in [0.5, 0.6) is 0 Å². The number of nitrogens with one attached hydrogen (secondary N) is 1. The SMILES string of the molecule is Cc1ccc(NC(=O)C2C[C@@H]3COC[C@@H]3N(C(=O)c3c(C)cccc3F)C2c2ccc(CN3CCOCC3(C)C)cc2)cc1C(F)(F)F. The first-order valence-electron chi connectivity index (χ1n) is 16.3. The van der Waals surface area contributed by atoms with E-state index in [9.17, 15) is 22.8 Å². The Kier molecular flexibility index (Phi) is 9.41. The quantitative estimate of drug-likeness (QED) is 0.289. The zero-order chi connectivity index (χ0) is 34.4. The number of carbonyl (C=O) groups is 2. The average Bonchev–Trinajstić information content (AvgIpc) is 3.50. The third-order valence-electron chi connectivity index (χ3n) is 10.1. The molecule has 48 heavy (non-hydrogen) atoms. The van der Waals surface area contributed by atoms with Gasteiger partial charge in [-0.2, -0.15) is 13.2 Å². The minimum absolute atomic E-state index is 0.00719. The summed E-state index contributed by atoms with van der Waals surface area (Å²) in [4.78, 5) is 32.5. The van der Waals surface area contributed by atoms with Crippen molar-refractivity contribution < 1.29 is 36.6 Å². The molecular formula is C37H41F4N3O4. The smallest absolute Gasteiger partial charge is 0.379 e. The summed E-state index contributed by atoms with van der Waals surface area (Å²) in [6.45, 7) is 10.5. The van der Waals surface area contributed by atoms with Crippen molar-refractivity contribution >= 4 is 17.5 Å². The number of hydrogen-bond acceptors (Lipinski definition) is 5. The highest BCUT2D eigenvalue weighted by molar-refractivity contribution is 5.98. The van der Waals surface area contributed by atoms with Crippen LogP contribution in [0.1, 0.15) is 64.5 Å². The molecule has 2 amide bonds. The van der Waals surface area contributed by atoms with Crippen LogP contribution in [0, 0.1) is 31.5 Å². The van der Waals surface area contributed by atoms with Crippen molar-refractivity contribution in [2.45, 2.75) is 64.5 Å². The summed E-state index contributed by atoms with van der Waals surface area (Å²) in [6, 6.07) is 14.6. The third-order valence-corrected chi connectivity index (χ3v) is 10.1. The van der Waals surface area contributed by atoms with E-state index >= 15 is 4.39 Å². The lowest BCUT2D eigenvalue weighted by Crippen LogP contribution is -2.55. The predicted molar refractivity (Wildman–Crippen MR) is 173 cm³/mol. The molecule has 0 saturated carbocycles. The van der Waals surface area contributed by atoms with Gasteiger partial charge in [-0.1, -0.05) is 42.5 Å². The minimum Gasteiger partial charge on any atom is -0.379 e. The van der Waals surface area contributed by atoms with Crippen LogP contribution >= 0.6 is 0 Å². The van der Waals surface area contributed by atoms with Crippen molar-refractivity contribution in [3.8, 4) is 0 Å². The molecule has 3 heterocycles. The van der Waals surface area contributed by atoms with Gasteiger partial charge in [-0.25, -0.2) is 4.39 Å². The molecule has 0 aromatic heterocycles. The average molecular weight is 668 g/mol. The standard InChI is InChI=1S/C37H41F4N3O4/c1-22-8-13-27(17-29(22)37(39,40)41)42-34(45)28-16-26-19-48-20-31(26)44(35(46)32-23(2)6-5-7-30(32)38)33(28)25-11-9-24(10-12-25)18-43-14-15-47-21-36(43,3)4/h5-13,17,26,28,31,33H,14-16,18-21H2,1-4H3,(H,42,45)/t26-,28?,31+,33?/m1/s1. The number of fused-ring (bicyclic) bond motifs is 1. The Morgan fingerprint density at radius 2 is 1.73 bits per heavy atom. The summed E-state index contributed by atoms with van der Waals surface area (Å²) in [5.41, 5.74) is 1.16. The van der Waals surface area contributed by atoms with Crippen LogP contribution in [-0.2, 0) is 27.0 Å². The van der Waals surface area contributed by atoms with E-state index in [0.29, 0.717) is 43.9 Å². The van der Waals surface area contributed by atoms with Crippen LogP contribution in [0.3, 0.4) is 0 Å². The molecule has 3 saturated heterocycles. The van der Waals surface area contributed by atoms with Gasteiger partial charge in [0.25, 0.3) is 5.91 Å². The lowest BCUT2D eigenvalue weighted by atomic mass is 9.76. The summed E-state index contributed by atoms with van der Waals surface area (Å²) in [6.07, 6.45) is -4.26. The number of nitrogens with zero attached hydrogens (tertiary/aromatic N) is 2. The monoisotopic (exact) mass is 667 g/mol. The van der Waals surface area contributed by atoms with E-state index in [4.69, 9.17) is 9.47 Å². The number of amides is 2. The lowest BCUT2D eigenvalue weighted by Gasteiger charge is -2.47. The number of aryl methyl sites for hydroxylation is 2. The van der Waals surface area contributed by atoms with Crippen LogP contribution in [0.4, 0.5) is 23.2 Å². The predicted octanol–water partition coefficient (Wildman–Crippen LogP) is 6.93. The van der Waals surface area contributed by atoms with Gasteiger partial charge >= 0.3 is 6.18 Å². The zero-order valence-corrected chi connectivity index (χ0v) is 27.6. The Bertz CT molecular complexity index is 1660. The Morgan fingerprint density at radius 1 is 0.979 bits per heavy atom. The molecule has 3 aliphatic rings. The molecule has 3 aromatic carbocycles. The summed E-state index contributed by atoms with van der Waals surface area (Å²) >= 11 is 0. The fourth-order valence-electron chi connectivity index (χ4n) is 7.39. The molecule has 0 aliphatic carbocycles. The van der Waals surface area contributed by atoms with Gasteiger partial charge in [-0.3, -0.25) is 14.5 Å². The van der Waals surface area contributed by atoms with Gasteiger partial charge in [-0.15, -0.1) is 0 Å². The van der Waals surface area contributed by atoms with E-state index in [1.807, 2.05) is 24.3 Å². The molecule has 3 aromatic rings. The molecular weight excluding hydrogens is 626 g/mol. The highest BCUT2D eigenvalue weighted by atomic mass is 19.4. The van der Waals surface area contributed by atoms with Crippen molar-refractivity contribution in [2.75, 3.05) is 38.3 Å². The molecule has 11 heteroatoms. The number of likely N-dealkylation sites (tertiary alicyclic amines) is 1. The molecule has 0 radical (unpaired) electrons. The summed E-state index contributed by atoms with van der Waals surface area (Å²) in [5.74, 6) is -2.82. The Hall–Kier alpha value is -3.80. The first-order chi connectivity index (χ1) is 22.7. The van der Waals surface area contributed by atoms with Crippen molar-refractivity contribution in [1.82, 2.24) is 9.80 Å². The number of hydrogen-bond donors (Lipinski definition) is 1. The number of alkyl halides is 3. The van der Waals surface area contributed by atoms with Crippen LogP contribution < -0.4 is 5.32 Å². The molecule has 3 fully saturated rings. The molecule has 4 atom stereocenters. The number of benzene rings is 3. The molecule has 6 rings (SSSR count). The van der Waals surface area contributed by atoms with E-state index in [1.165, 1.54) is 31.2 Å². The Morgan fingerprint density at radius 3 is 2.42 bits per heavy atom. The molecule has 3 aliphatic heterocycles. The van der Waals surface area contributed by atoms with E-state index in [-0.39, 0.29) is 34.9 Å². The maximum atomic E-state index is 15.3. The second-order valence-electron chi connectivity index (χ2n) is 13.8. The lowest BCUT2D eigenvalue weighted by molar-refractivity contribution is -0.138. The fourth-order valence-corrected chi connectivity index (χ4v) is 7.39. The van der Waals surface area contributed by atoms with Crippen LogP contribution in [0.2, 0.25) is 0 Å². The minimum atomic E-state index is -4.59. The third kappa shape index (κ3) is 6.73. The van der Waals surface area contributed by atoms with Gasteiger partial charge < -0.3 is 19.7 Å². The number of rotatable bonds is 6. The van der Waals surface area contributed by atoms with Gasteiger partial charge in [0.15, 0.2) is 0 Å². The van der Waals surface area contributed by atoms with Crippen molar-refractivity contribution in [3.63, 3.8) is 0 Å². The molecule has 0 spiro atoms. The van der Waals surface area contributed by atoms with Crippen molar-refractivity contribution in [3.05, 3.63) is 99.9 Å². The van der Waals surface area contributed by atoms with Crippen molar-refractivity contribution in [1.29, 1.82) is 0 Å². The van der Waals surface area contributed by atoms with Gasteiger partial charge in [0.05, 0.1) is 55.6 Å². The first kappa shape index (κ1) is 34.1. The van der Waals surface area contributed by atoms with E-state index < -0.39 is 47.4 Å². The highest BCUT2D eigenvalue weighted by Gasteiger charge is 2.51. The van der Waals surface area contributed by atoms with E-state index in [0.717, 1.165) is 18.2 Å². The largest absolute Gasteiger partial charge is 0.416 e. The van der Waals surface area contributed by atoms with Gasteiger partial charge in [0.2, 0.25) is 5.91 Å². The molecule has 2 unspecified atom stereocenters. The van der Waals surface area contributed by atoms with Gasteiger partial charge in [0, 0.05) is 30.2 Å². The fraction of sp³-hybridized carbons (Fsp3) is 0.459. The molecule has 7 nitrogen and oxygen atoms in total. The summed E-state index contributed by atoms with van der Waals surface area (Å²) < 4.78 is 68.0. The zero-order valence-electron chi connectivity index (χ0n) is 27.6. The second kappa shape index (κ2) is 13.2. The number of morpholine rings is 1.